The van der Waals surface area contributed by atoms with Crippen LogP contribution in [0.4, 0.5) is 0 Å². The highest BCUT2D eigenvalue weighted by Gasteiger charge is 2.17. The van der Waals surface area contributed by atoms with E-state index in [0.717, 1.165) is 30.0 Å². The van der Waals surface area contributed by atoms with Crippen LogP contribution in [0.2, 0.25) is 0 Å². The molecule has 0 fully saturated rings. The van der Waals surface area contributed by atoms with Gasteiger partial charge in [-0.25, -0.2) is 0 Å². The minimum Gasteiger partial charge on any atom is -0.496 e. The van der Waals surface area contributed by atoms with E-state index in [4.69, 9.17) is 14.2 Å². The summed E-state index contributed by atoms with van der Waals surface area (Å²) in [4.78, 5) is 0. The highest BCUT2D eigenvalue weighted by Crippen LogP contribution is 2.34. The van der Waals surface area contributed by atoms with Gasteiger partial charge in [-0.05, 0) is 26.3 Å². The molecule has 1 N–H and O–H groups in total. The first-order valence-electron chi connectivity index (χ1n) is 6.51. The minimum absolute atomic E-state index is 0.0954. The Morgan fingerprint density at radius 1 is 0.947 bits per heavy atom. The summed E-state index contributed by atoms with van der Waals surface area (Å²) < 4.78 is 16.0. The van der Waals surface area contributed by atoms with Crippen LogP contribution in [0, 0.1) is 0 Å². The Morgan fingerprint density at radius 3 is 1.95 bits per heavy atom. The summed E-state index contributed by atoms with van der Waals surface area (Å²) in [6, 6.07) is 3.81. The number of rotatable bonds is 7. The third-order valence-electron chi connectivity index (χ3n) is 3.43. The third kappa shape index (κ3) is 4.03. The lowest BCUT2D eigenvalue weighted by Gasteiger charge is -2.25. The summed E-state index contributed by atoms with van der Waals surface area (Å²) in [5.74, 6) is 2.20. The molecule has 4 heteroatoms. The van der Waals surface area contributed by atoms with Crippen molar-refractivity contribution in [3.8, 4) is 17.2 Å². The summed E-state index contributed by atoms with van der Waals surface area (Å²) in [6.07, 6.45) is 1.06. The molecule has 0 spiro atoms. The van der Waals surface area contributed by atoms with Crippen molar-refractivity contribution in [1.82, 2.24) is 5.32 Å². The van der Waals surface area contributed by atoms with Crippen LogP contribution in [0.15, 0.2) is 12.1 Å². The van der Waals surface area contributed by atoms with Gasteiger partial charge < -0.3 is 19.5 Å². The number of benzene rings is 1. The molecule has 0 aliphatic carbocycles. The van der Waals surface area contributed by atoms with Gasteiger partial charge in [0.05, 0.1) is 21.3 Å². The van der Waals surface area contributed by atoms with Crippen LogP contribution in [-0.2, 0) is 6.54 Å². The van der Waals surface area contributed by atoms with E-state index >= 15 is 0 Å². The molecular formula is C15H25NO3. The van der Waals surface area contributed by atoms with Crippen molar-refractivity contribution >= 4 is 0 Å². The van der Waals surface area contributed by atoms with Crippen LogP contribution in [0.1, 0.15) is 32.8 Å². The summed E-state index contributed by atoms with van der Waals surface area (Å²) in [5, 5.41) is 3.51. The molecule has 0 amide bonds. The van der Waals surface area contributed by atoms with Crippen molar-refractivity contribution in [3.05, 3.63) is 17.7 Å². The maximum Gasteiger partial charge on any atom is 0.164 e. The number of nitrogens with one attached hydrogen (secondary N) is 1. The molecule has 1 aromatic rings. The molecule has 0 aliphatic heterocycles. The fourth-order valence-corrected chi connectivity index (χ4v) is 1.69. The summed E-state index contributed by atoms with van der Waals surface area (Å²) in [6.45, 7) is 7.25. The van der Waals surface area contributed by atoms with E-state index in [2.05, 4.69) is 26.1 Å². The van der Waals surface area contributed by atoms with Crippen LogP contribution in [0.5, 0.6) is 17.2 Å². The zero-order valence-corrected chi connectivity index (χ0v) is 12.8. The van der Waals surface area contributed by atoms with Crippen molar-refractivity contribution < 1.29 is 14.2 Å². The molecule has 19 heavy (non-hydrogen) atoms. The molecule has 4 nitrogen and oxygen atoms in total. The average Bonchev–Trinajstić information content (AvgIpc) is 2.44. The van der Waals surface area contributed by atoms with E-state index in [0.29, 0.717) is 5.75 Å². The molecule has 0 aliphatic rings. The van der Waals surface area contributed by atoms with Gasteiger partial charge in [-0.15, -0.1) is 0 Å². The van der Waals surface area contributed by atoms with Gasteiger partial charge in [-0.3, -0.25) is 0 Å². The second kappa shape index (κ2) is 6.66. The van der Waals surface area contributed by atoms with E-state index < -0.39 is 0 Å². The van der Waals surface area contributed by atoms with Crippen LogP contribution < -0.4 is 19.5 Å². The first-order valence-corrected chi connectivity index (χ1v) is 6.51. The molecule has 0 unspecified atom stereocenters. The molecule has 0 bridgehead atoms. The maximum absolute atomic E-state index is 5.41. The summed E-state index contributed by atoms with van der Waals surface area (Å²) in [7, 11) is 4.92. The zero-order valence-electron chi connectivity index (χ0n) is 12.8. The molecule has 0 radical (unpaired) electrons. The van der Waals surface area contributed by atoms with Gasteiger partial charge in [-0.2, -0.15) is 0 Å². The Bertz CT molecular complexity index is 416. The first-order chi connectivity index (χ1) is 8.97. The lowest BCUT2D eigenvalue weighted by molar-refractivity contribution is 0.342. The third-order valence-corrected chi connectivity index (χ3v) is 3.43. The lowest BCUT2D eigenvalue weighted by Crippen LogP contribution is -2.37. The molecule has 108 valence electrons. The number of hydrogen-bond donors (Lipinski definition) is 1. The Kier molecular flexibility index (Phi) is 5.48. The lowest BCUT2D eigenvalue weighted by atomic mass is 10.0. The van der Waals surface area contributed by atoms with E-state index in [1.165, 1.54) is 0 Å². The Balaban J connectivity index is 2.99. The second-order valence-corrected chi connectivity index (χ2v) is 5.11. The number of hydrogen-bond acceptors (Lipinski definition) is 4. The quantitative estimate of drug-likeness (QED) is 0.824. The van der Waals surface area contributed by atoms with Gasteiger partial charge in [0.1, 0.15) is 5.75 Å². The Hall–Kier alpha value is -1.42. The average molecular weight is 267 g/mol. The Labute approximate surface area is 116 Å². The monoisotopic (exact) mass is 267 g/mol. The van der Waals surface area contributed by atoms with Crippen LogP contribution in [0.25, 0.3) is 0 Å². The van der Waals surface area contributed by atoms with Gasteiger partial charge in [-0.1, -0.05) is 6.92 Å². The molecule has 0 aromatic heterocycles. The number of ether oxygens (including phenoxy) is 3. The predicted molar refractivity (Wildman–Crippen MR) is 77.3 cm³/mol. The molecule has 1 aromatic carbocycles. The normalized spacial score (nSPS) is 11.3. The SMILES string of the molecule is CCC(C)(C)NCc1cc(OC)c(OC)cc1OC. The summed E-state index contributed by atoms with van der Waals surface area (Å²) in [5.41, 5.74) is 1.15. The van der Waals surface area contributed by atoms with Crippen LogP contribution >= 0.6 is 0 Å². The van der Waals surface area contributed by atoms with Crippen molar-refractivity contribution in [3.63, 3.8) is 0 Å². The molecular weight excluding hydrogens is 242 g/mol. The first kappa shape index (κ1) is 15.6. The molecule has 0 atom stereocenters. The topological polar surface area (TPSA) is 39.7 Å². The second-order valence-electron chi connectivity index (χ2n) is 5.11. The van der Waals surface area contributed by atoms with Crippen molar-refractivity contribution in [2.24, 2.45) is 0 Å². The fourth-order valence-electron chi connectivity index (χ4n) is 1.69. The van der Waals surface area contributed by atoms with Gasteiger partial charge in [0.2, 0.25) is 0 Å². The molecule has 0 saturated carbocycles. The molecule has 1 rings (SSSR count). The van der Waals surface area contributed by atoms with E-state index in [1.54, 1.807) is 21.3 Å². The molecule has 0 saturated heterocycles. The van der Waals surface area contributed by atoms with Crippen molar-refractivity contribution in [1.29, 1.82) is 0 Å². The predicted octanol–water partition coefficient (Wildman–Crippen LogP) is 2.99. The van der Waals surface area contributed by atoms with Crippen LogP contribution in [0.3, 0.4) is 0 Å². The standard InChI is InChI=1S/C15H25NO3/c1-7-15(2,3)16-10-11-8-13(18-5)14(19-6)9-12(11)17-4/h8-9,16H,7,10H2,1-6H3. The molecule has 0 heterocycles. The largest absolute Gasteiger partial charge is 0.496 e. The van der Waals surface area contributed by atoms with Gasteiger partial charge in [0.15, 0.2) is 11.5 Å². The van der Waals surface area contributed by atoms with E-state index in [9.17, 15) is 0 Å². The minimum atomic E-state index is 0.0954. The van der Waals surface area contributed by atoms with Crippen molar-refractivity contribution in [2.75, 3.05) is 21.3 Å². The van der Waals surface area contributed by atoms with Gasteiger partial charge >= 0.3 is 0 Å². The van der Waals surface area contributed by atoms with Gasteiger partial charge in [0, 0.05) is 23.7 Å². The van der Waals surface area contributed by atoms with Crippen molar-refractivity contribution in [2.45, 2.75) is 39.3 Å². The van der Waals surface area contributed by atoms with Crippen LogP contribution in [-0.4, -0.2) is 26.9 Å². The summed E-state index contributed by atoms with van der Waals surface area (Å²) >= 11 is 0. The van der Waals surface area contributed by atoms with E-state index in [1.807, 2.05) is 12.1 Å². The zero-order chi connectivity index (χ0) is 14.5. The maximum atomic E-state index is 5.41. The van der Waals surface area contributed by atoms with E-state index in [-0.39, 0.29) is 5.54 Å². The highest BCUT2D eigenvalue weighted by atomic mass is 16.5. The van der Waals surface area contributed by atoms with Gasteiger partial charge in [0.25, 0.3) is 0 Å². The smallest absolute Gasteiger partial charge is 0.164 e. The number of methoxy groups -OCH3 is 3. The fraction of sp³-hybridized carbons (Fsp3) is 0.600. The Morgan fingerprint density at radius 2 is 1.47 bits per heavy atom. The highest BCUT2D eigenvalue weighted by molar-refractivity contribution is 5.50.